The van der Waals surface area contributed by atoms with Crippen LogP contribution in [0, 0.1) is 0 Å². The lowest BCUT2D eigenvalue weighted by atomic mass is 10.9. The lowest BCUT2D eigenvalue weighted by Gasteiger charge is -1.86. The molecule has 0 amide bonds. The second kappa shape index (κ2) is 7.30. The zero-order valence-corrected chi connectivity index (χ0v) is 7.38. The molecule has 0 aliphatic carbocycles. The van der Waals surface area contributed by atoms with E-state index in [2.05, 4.69) is 17.6 Å². The minimum atomic E-state index is -0.317. The second-order valence-electron chi connectivity index (χ2n) is 1.25. The lowest BCUT2D eigenvalue weighted by Crippen LogP contribution is -1.96. The lowest BCUT2D eigenvalue weighted by molar-refractivity contribution is 0.262. The van der Waals surface area contributed by atoms with Gasteiger partial charge in [-0.25, -0.2) is 4.98 Å². The Kier molecular flexibility index (Phi) is 8.51. The van der Waals surface area contributed by atoms with E-state index in [9.17, 15) is 4.79 Å². The number of imidazole rings is 1. The first-order valence-electron chi connectivity index (χ1n) is 3.02. The third-order valence-electron chi connectivity index (χ3n) is 0.725. The summed E-state index contributed by atoms with van der Waals surface area (Å²) in [5.41, 5.74) is 0. The zero-order chi connectivity index (χ0) is 7.98. The van der Waals surface area contributed by atoms with Crippen molar-refractivity contribution in [3.63, 3.8) is 0 Å². The van der Waals surface area contributed by atoms with E-state index < -0.39 is 0 Å². The molecular weight excluding hydrogens is 164 g/mol. The third kappa shape index (κ3) is 4.58. The van der Waals surface area contributed by atoms with Crippen LogP contribution in [0.15, 0.2) is 18.7 Å². The maximum Gasteiger partial charge on any atom is 0.287 e. The Hall–Kier alpha value is -0.810. The number of hydrogen-bond acceptors (Lipinski definition) is 2. The van der Waals surface area contributed by atoms with Crippen LogP contribution >= 0.6 is 12.6 Å². The van der Waals surface area contributed by atoms with E-state index in [1.807, 2.05) is 13.8 Å². The minimum Gasteiger partial charge on any atom is -0.412 e. The molecule has 0 atom stereocenters. The second-order valence-corrected chi connectivity index (χ2v) is 1.64. The van der Waals surface area contributed by atoms with Crippen molar-refractivity contribution in [2.45, 2.75) is 13.8 Å². The van der Waals surface area contributed by atoms with Gasteiger partial charge in [0.05, 0.1) is 0 Å². The van der Waals surface area contributed by atoms with Crippen LogP contribution in [0.5, 0.6) is 0 Å². The first-order chi connectivity index (χ1) is 4.80. The van der Waals surface area contributed by atoms with E-state index in [0.29, 0.717) is 0 Å². The smallest absolute Gasteiger partial charge is 0.287 e. The van der Waals surface area contributed by atoms with Crippen LogP contribution in [0.1, 0.15) is 13.8 Å². The van der Waals surface area contributed by atoms with Gasteiger partial charge < -0.3 is 5.48 Å². The average molecular weight is 176 g/mol. The van der Waals surface area contributed by atoms with Crippen LogP contribution in [0.2, 0.25) is 0 Å². The summed E-state index contributed by atoms with van der Waals surface area (Å²) in [4.78, 5) is 13.9. The van der Waals surface area contributed by atoms with Crippen molar-refractivity contribution in [3.05, 3.63) is 18.7 Å². The molecule has 0 spiro atoms. The molecule has 0 unspecified atom stereocenters. The first-order valence-corrected chi connectivity index (χ1v) is 3.46. The molecule has 64 valence electrons. The fourth-order valence-corrected chi connectivity index (χ4v) is 0.491. The highest BCUT2D eigenvalue weighted by atomic mass is 32.1. The van der Waals surface area contributed by atoms with Gasteiger partial charge >= 0.3 is 0 Å². The molecule has 0 radical (unpaired) electrons. The van der Waals surface area contributed by atoms with Gasteiger partial charge in [0, 0.05) is 12.4 Å². The highest BCUT2D eigenvalue weighted by Crippen LogP contribution is 1.88. The Labute approximate surface area is 71.0 Å². The number of carbonyl (C=O) groups excluding carboxylic acids is 1. The molecular formula is C6H12N2O2S. The number of carbonyl (C=O) groups is 1. The van der Waals surface area contributed by atoms with Crippen molar-refractivity contribution in [1.82, 2.24) is 9.55 Å². The van der Waals surface area contributed by atoms with Crippen LogP contribution in [0.4, 0.5) is 4.79 Å². The average Bonchev–Trinajstić information content (AvgIpc) is 2.42. The van der Waals surface area contributed by atoms with E-state index in [4.69, 9.17) is 0 Å². The highest BCUT2D eigenvalue weighted by Gasteiger charge is 1.91. The third-order valence-corrected chi connectivity index (χ3v) is 0.956. The van der Waals surface area contributed by atoms with Crippen molar-refractivity contribution in [3.8, 4) is 0 Å². The standard InChI is InChI=1S/C4H4N2OS.C2H6.H2O/c7-4(8)6-2-1-5-3-6;1-2;/h1-3H,(H,7,8);1-2H3;1H2. The van der Waals surface area contributed by atoms with Gasteiger partial charge in [0.1, 0.15) is 6.33 Å². The molecule has 0 fully saturated rings. The summed E-state index contributed by atoms with van der Waals surface area (Å²) in [7, 11) is 0. The Morgan fingerprint density at radius 1 is 1.55 bits per heavy atom. The van der Waals surface area contributed by atoms with E-state index in [0.717, 1.165) is 0 Å². The zero-order valence-electron chi connectivity index (χ0n) is 6.48. The van der Waals surface area contributed by atoms with Crippen molar-refractivity contribution in [1.29, 1.82) is 0 Å². The minimum absolute atomic E-state index is 0. The Morgan fingerprint density at radius 3 is 2.27 bits per heavy atom. The van der Waals surface area contributed by atoms with Gasteiger partial charge in [-0.2, -0.15) is 0 Å². The Bertz CT molecular complexity index is 186. The molecule has 0 aromatic carbocycles. The van der Waals surface area contributed by atoms with E-state index in [-0.39, 0.29) is 10.7 Å². The topological polar surface area (TPSA) is 66.4 Å². The number of rotatable bonds is 0. The SMILES string of the molecule is CC.O.O=C(S)n1ccnc1. The maximum absolute atomic E-state index is 10.3. The van der Waals surface area contributed by atoms with Crippen LogP contribution in [-0.4, -0.2) is 20.3 Å². The molecule has 1 aromatic heterocycles. The van der Waals surface area contributed by atoms with E-state index in [1.54, 1.807) is 0 Å². The summed E-state index contributed by atoms with van der Waals surface area (Å²) in [5.74, 6) is 0. The molecule has 2 N–H and O–H groups in total. The Balaban J connectivity index is 0. The van der Waals surface area contributed by atoms with Gasteiger partial charge in [-0.3, -0.25) is 9.36 Å². The van der Waals surface area contributed by atoms with Gasteiger partial charge in [-0.15, -0.1) is 0 Å². The normalized spacial score (nSPS) is 7.18. The molecule has 0 bridgehead atoms. The van der Waals surface area contributed by atoms with Gasteiger partial charge in [0.2, 0.25) is 0 Å². The first kappa shape index (κ1) is 12.8. The van der Waals surface area contributed by atoms with E-state index >= 15 is 0 Å². The molecule has 0 saturated carbocycles. The predicted molar refractivity (Wildman–Crippen MR) is 47.0 cm³/mol. The summed E-state index contributed by atoms with van der Waals surface area (Å²) in [6.07, 6.45) is 4.46. The fraction of sp³-hybridized carbons (Fsp3) is 0.333. The summed E-state index contributed by atoms with van der Waals surface area (Å²) < 4.78 is 1.28. The highest BCUT2D eigenvalue weighted by molar-refractivity contribution is 7.96. The van der Waals surface area contributed by atoms with Gasteiger partial charge in [0.25, 0.3) is 5.24 Å². The van der Waals surface area contributed by atoms with Gasteiger partial charge in [0.15, 0.2) is 0 Å². The molecule has 1 aromatic rings. The molecule has 0 aliphatic rings. The molecule has 5 heteroatoms. The van der Waals surface area contributed by atoms with Crippen molar-refractivity contribution < 1.29 is 10.3 Å². The van der Waals surface area contributed by atoms with Crippen molar-refractivity contribution >= 4 is 17.9 Å². The van der Waals surface area contributed by atoms with Gasteiger partial charge in [-0.05, 0) is 0 Å². The number of nitrogens with zero attached hydrogens (tertiary/aromatic N) is 2. The van der Waals surface area contributed by atoms with Crippen LogP contribution in [0.3, 0.4) is 0 Å². The van der Waals surface area contributed by atoms with Crippen molar-refractivity contribution in [2.24, 2.45) is 0 Å². The maximum atomic E-state index is 10.3. The van der Waals surface area contributed by atoms with Crippen LogP contribution in [-0.2, 0) is 0 Å². The summed E-state index contributed by atoms with van der Waals surface area (Å²) in [6, 6.07) is 0. The molecule has 0 saturated heterocycles. The molecule has 1 heterocycles. The summed E-state index contributed by atoms with van der Waals surface area (Å²) in [6.45, 7) is 4.00. The Morgan fingerprint density at radius 2 is 2.09 bits per heavy atom. The van der Waals surface area contributed by atoms with Crippen molar-refractivity contribution in [2.75, 3.05) is 0 Å². The predicted octanol–water partition coefficient (Wildman–Crippen LogP) is 0.982. The largest absolute Gasteiger partial charge is 0.412 e. The number of thiol groups is 1. The molecule has 11 heavy (non-hydrogen) atoms. The molecule has 0 aliphatic heterocycles. The molecule has 4 nitrogen and oxygen atoms in total. The fourth-order valence-electron chi connectivity index (χ4n) is 0.372. The van der Waals surface area contributed by atoms with E-state index in [1.165, 1.54) is 23.3 Å². The quantitative estimate of drug-likeness (QED) is 0.599. The summed E-state index contributed by atoms with van der Waals surface area (Å²) in [5, 5.41) is -0.317. The number of aromatic nitrogens is 2. The van der Waals surface area contributed by atoms with Gasteiger partial charge in [-0.1, -0.05) is 26.5 Å². The molecule has 1 rings (SSSR count). The number of hydrogen-bond donors (Lipinski definition) is 1. The van der Waals surface area contributed by atoms with Crippen LogP contribution in [0.25, 0.3) is 0 Å². The van der Waals surface area contributed by atoms with Crippen LogP contribution < -0.4 is 0 Å². The summed E-state index contributed by atoms with van der Waals surface area (Å²) >= 11 is 3.54. The monoisotopic (exact) mass is 176 g/mol.